The van der Waals surface area contributed by atoms with Crippen molar-refractivity contribution in [1.29, 1.82) is 0 Å². The fourth-order valence-electron chi connectivity index (χ4n) is 5.84. The Morgan fingerprint density at radius 3 is 2.39 bits per heavy atom. The molecule has 5 rings (SSSR count). The molecule has 3 fully saturated rings. The van der Waals surface area contributed by atoms with Crippen LogP contribution in [0.5, 0.6) is 0 Å². The van der Waals surface area contributed by atoms with E-state index in [0.717, 1.165) is 50.2 Å². The third kappa shape index (κ3) is 7.50. The van der Waals surface area contributed by atoms with Crippen molar-refractivity contribution in [3.05, 3.63) is 59.2 Å². The molecule has 1 aromatic heterocycles. The molecular weight excluding hydrogens is 559 g/mol. The SMILES string of the molecule is C[C@H]1CN(C2CCN(c3ccccn3)CC2)[C@@H](Cc2ccc(Cl)cc2)CN1C(OC(=O)C(F)(F)F)C(=O)NC1CC1. The molecule has 2 aliphatic heterocycles. The second kappa shape index (κ2) is 12.5. The van der Waals surface area contributed by atoms with Crippen LogP contribution in [0.25, 0.3) is 0 Å². The summed E-state index contributed by atoms with van der Waals surface area (Å²) in [5.41, 5.74) is 1.02. The number of nitrogens with one attached hydrogen (secondary N) is 1. The van der Waals surface area contributed by atoms with Gasteiger partial charge in [0.05, 0.1) is 0 Å². The molecule has 2 saturated heterocycles. The first kappa shape index (κ1) is 29.6. The van der Waals surface area contributed by atoms with Crippen LogP contribution in [0, 0.1) is 0 Å². The van der Waals surface area contributed by atoms with Crippen LogP contribution in [0.2, 0.25) is 5.02 Å². The van der Waals surface area contributed by atoms with Gasteiger partial charge in [0.25, 0.3) is 5.91 Å². The van der Waals surface area contributed by atoms with Gasteiger partial charge < -0.3 is 15.0 Å². The average Bonchev–Trinajstić information content (AvgIpc) is 3.78. The summed E-state index contributed by atoms with van der Waals surface area (Å²) in [4.78, 5) is 35.8. The van der Waals surface area contributed by atoms with Gasteiger partial charge in [-0.25, -0.2) is 9.78 Å². The average molecular weight is 594 g/mol. The molecule has 3 heterocycles. The Kier molecular flexibility index (Phi) is 9.06. The van der Waals surface area contributed by atoms with Crippen LogP contribution in [0.15, 0.2) is 48.7 Å². The van der Waals surface area contributed by atoms with E-state index in [9.17, 15) is 22.8 Å². The minimum atomic E-state index is -5.20. The number of aromatic nitrogens is 1. The lowest BCUT2D eigenvalue weighted by molar-refractivity contribution is -0.217. The van der Waals surface area contributed by atoms with Crippen LogP contribution in [0.4, 0.5) is 19.0 Å². The molecule has 1 amide bonds. The van der Waals surface area contributed by atoms with E-state index >= 15 is 0 Å². The number of halogens is 4. The molecule has 1 saturated carbocycles. The fraction of sp³-hybridized carbons (Fsp3) is 0.552. The van der Waals surface area contributed by atoms with Crippen LogP contribution < -0.4 is 10.2 Å². The summed E-state index contributed by atoms with van der Waals surface area (Å²) >= 11 is 6.11. The van der Waals surface area contributed by atoms with Gasteiger partial charge in [0.2, 0.25) is 6.23 Å². The molecule has 1 unspecified atom stereocenters. The first-order valence-electron chi connectivity index (χ1n) is 14.1. The molecule has 12 heteroatoms. The summed E-state index contributed by atoms with van der Waals surface area (Å²) in [6.07, 6.45) is -1.17. The Hall–Kier alpha value is -2.89. The molecule has 3 aliphatic rings. The highest BCUT2D eigenvalue weighted by molar-refractivity contribution is 6.30. The van der Waals surface area contributed by atoms with Crippen molar-refractivity contribution in [3.63, 3.8) is 0 Å². The lowest BCUT2D eigenvalue weighted by atomic mass is 9.93. The normalized spacial score (nSPS) is 23.7. The van der Waals surface area contributed by atoms with Crippen molar-refractivity contribution in [2.24, 2.45) is 0 Å². The summed E-state index contributed by atoms with van der Waals surface area (Å²) in [6, 6.07) is 13.1. The zero-order valence-electron chi connectivity index (χ0n) is 22.9. The molecule has 8 nitrogen and oxygen atoms in total. The van der Waals surface area contributed by atoms with Gasteiger partial charge in [0.1, 0.15) is 5.82 Å². The zero-order chi connectivity index (χ0) is 29.1. The number of hydrogen-bond acceptors (Lipinski definition) is 7. The molecule has 0 spiro atoms. The number of piperazine rings is 1. The molecule has 1 N–H and O–H groups in total. The first-order chi connectivity index (χ1) is 19.6. The molecule has 222 valence electrons. The van der Waals surface area contributed by atoms with Crippen LogP contribution in [0.3, 0.4) is 0 Å². The molecule has 41 heavy (non-hydrogen) atoms. The van der Waals surface area contributed by atoms with Gasteiger partial charge in [-0.3, -0.25) is 14.6 Å². The number of benzene rings is 1. The number of alkyl halides is 3. The maximum atomic E-state index is 13.2. The first-order valence-corrected chi connectivity index (χ1v) is 14.5. The van der Waals surface area contributed by atoms with E-state index in [1.165, 1.54) is 0 Å². The Morgan fingerprint density at radius 1 is 1.07 bits per heavy atom. The Labute approximate surface area is 242 Å². The molecule has 3 atom stereocenters. The van der Waals surface area contributed by atoms with Gasteiger partial charge in [-0.05, 0) is 68.9 Å². The molecule has 1 aromatic carbocycles. The van der Waals surface area contributed by atoms with Gasteiger partial charge in [-0.2, -0.15) is 13.2 Å². The van der Waals surface area contributed by atoms with Gasteiger partial charge >= 0.3 is 12.1 Å². The number of piperidine rings is 1. The van der Waals surface area contributed by atoms with Crippen LogP contribution >= 0.6 is 11.6 Å². The van der Waals surface area contributed by atoms with E-state index in [1.54, 1.807) is 11.1 Å². The van der Waals surface area contributed by atoms with E-state index in [-0.39, 0.29) is 30.7 Å². The second-order valence-electron chi connectivity index (χ2n) is 11.2. The number of carbonyl (C=O) groups is 2. The van der Waals surface area contributed by atoms with Gasteiger partial charge in [-0.1, -0.05) is 29.8 Å². The minimum absolute atomic E-state index is 0.0969. The lowest BCUT2D eigenvalue weighted by Crippen LogP contribution is -2.66. The topological polar surface area (TPSA) is 78.0 Å². The smallest absolute Gasteiger partial charge is 0.430 e. The molecule has 0 radical (unpaired) electrons. The van der Waals surface area contributed by atoms with Gasteiger partial charge in [0, 0.05) is 61.6 Å². The minimum Gasteiger partial charge on any atom is -0.430 e. The zero-order valence-corrected chi connectivity index (χ0v) is 23.7. The number of hydrogen-bond donors (Lipinski definition) is 1. The Balaban J connectivity index is 1.36. The number of rotatable bonds is 8. The molecule has 1 aliphatic carbocycles. The number of ether oxygens (including phenoxy) is 1. The highest BCUT2D eigenvalue weighted by Gasteiger charge is 2.48. The highest BCUT2D eigenvalue weighted by atomic mass is 35.5. The van der Waals surface area contributed by atoms with Crippen molar-refractivity contribution in [2.45, 2.75) is 75.6 Å². The van der Waals surface area contributed by atoms with Crippen LogP contribution in [-0.2, 0) is 20.7 Å². The van der Waals surface area contributed by atoms with Crippen molar-refractivity contribution < 1.29 is 27.5 Å². The number of amides is 1. The summed E-state index contributed by atoms with van der Waals surface area (Å²) < 4.78 is 44.5. The Bertz CT molecular complexity index is 1190. The van der Waals surface area contributed by atoms with E-state index in [2.05, 4.69) is 20.1 Å². The maximum absolute atomic E-state index is 13.2. The predicted molar refractivity (Wildman–Crippen MR) is 148 cm³/mol. The van der Waals surface area contributed by atoms with Crippen molar-refractivity contribution in [2.75, 3.05) is 31.1 Å². The molecular formula is C29H35ClF3N5O3. The standard InChI is InChI=1S/C29H35ClF3N5O3/c1-19-17-38(23-11-14-36(15-12-23)25-4-2-3-13-34-25)24(16-20-5-7-21(30)8-6-20)18-37(19)27(26(39)35-22-9-10-22)41-28(40)29(31,32)33/h2-8,13,19,22-24,27H,9-12,14-18H2,1H3,(H,35,39)/t19-,24-,27?/m0/s1. The lowest BCUT2D eigenvalue weighted by Gasteiger charge is -2.51. The third-order valence-corrected chi connectivity index (χ3v) is 8.37. The monoisotopic (exact) mass is 593 g/mol. The summed E-state index contributed by atoms with van der Waals surface area (Å²) in [5.74, 6) is -2.13. The van der Waals surface area contributed by atoms with E-state index in [1.807, 2.05) is 49.4 Å². The largest absolute Gasteiger partial charge is 0.490 e. The number of esters is 1. The molecule has 0 bridgehead atoms. The summed E-state index contributed by atoms with van der Waals surface area (Å²) in [5, 5.41) is 3.34. The fourth-order valence-corrected chi connectivity index (χ4v) is 5.97. The predicted octanol–water partition coefficient (Wildman–Crippen LogP) is 4.03. The van der Waals surface area contributed by atoms with Crippen molar-refractivity contribution in [3.8, 4) is 0 Å². The Morgan fingerprint density at radius 2 is 1.78 bits per heavy atom. The van der Waals surface area contributed by atoms with E-state index < -0.39 is 24.3 Å². The number of carbonyl (C=O) groups excluding carboxylic acids is 2. The summed E-state index contributed by atoms with van der Waals surface area (Å²) in [6.45, 7) is 4.31. The number of pyridine rings is 1. The van der Waals surface area contributed by atoms with E-state index in [4.69, 9.17) is 16.3 Å². The second-order valence-corrected chi connectivity index (χ2v) is 11.6. The van der Waals surface area contributed by atoms with Crippen LogP contribution in [0.1, 0.15) is 38.2 Å². The van der Waals surface area contributed by atoms with Crippen molar-refractivity contribution in [1.82, 2.24) is 20.1 Å². The maximum Gasteiger partial charge on any atom is 0.490 e. The highest BCUT2D eigenvalue weighted by Crippen LogP contribution is 2.30. The van der Waals surface area contributed by atoms with Gasteiger partial charge in [0.15, 0.2) is 0 Å². The summed E-state index contributed by atoms with van der Waals surface area (Å²) in [7, 11) is 0. The van der Waals surface area contributed by atoms with Gasteiger partial charge in [-0.15, -0.1) is 0 Å². The number of anilines is 1. The molecule has 2 aromatic rings. The van der Waals surface area contributed by atoms with E-state index in [0.29, 0.717) is 18.0 Å². The van der Waals surface area contributed by atoms with Crippen molar-refractivity contribution >= 4 is 29.3 Å². The third-order valence-electron chi connectivity index (χ3n) is 8.12. The quantitative estimate of drug-likeness (QED) is 0.463. The number of nitrogens with zero attached hydrogens (tertiary/aromatic N) is 4. The van der Waals surface area contributed by atoms with Crippen LogP contribution in [-0.4, -0.2) is 89.4 Å².